The van der Waals surface area contributed by atoms with Crippen molar-refractivity contribution in [1.82, 2.24) is 0 Å². The van der Waals surface area contributed by atoms with Gasteiger partial charge in [-0.15, -0.1) is 0 Å². The standard InChI is InChI=1S/C11H15ClFN/c1-3-9-5-8(4-7(2)14)6-10(12)11(9)13/h5-7H,3-4,14H2,1-2H3. The highest BCUT2D eigenvalue weighted by atomic mass is 35.5. The molecule has 0 bridgehead atoms. The van der Waals surface area contributed by atoms with E-state index in [1.54, 1.807) is 6.07 Å². The maximum absolute atomic E-state index is 13.4. The molecule has 78 valence electrons. The van der Waals surface area contributed by atoms with Crippen LogP contribution in [0.3, 0.4) is 0 Å². The van der Waals surface area contributed by atoms with Gasteiger partial charge in [-0.25, -0.2) is 4.39 Å². The second kappa shape index (κ2) is 4.76. The van der Waals surface area contributed by atoms with E-state index in [4.69, 9.17) is 17.3 Å². The Balaban J connectivity index is 3.03. The van der Waals surface area contributed by atoms with Crippen LogP contribution in [0.1, 0.15) is 25.0 Å². The smallest absolute Gasteiger partial charge is 0.144 e. The van der Waals surface area contributed by atoms with Gasteiger partial charge in [0, 0.05) is 6.04 Å². The van der Waals surface area contributed by atoms with Crippen LogP contribution in [0.4, 0.5) is 4.39 Å². The number of halogens is 2. The first-order valence-electron chi connectivity index (χ1n) is 4.77. The monoisotopic (exact) mass is 215 g/mol. The van der Waals surface area contributed by atoms with Gasteiger partial charge in [0.1, 0.15) is 5.82 Å². The van der Waals surface area contributed by atoms with E-state index in [9.17, 15) is 4.39 Å². The van der Waals surface area contributed by atoms with Crippen molar-refractivity contribution in [3.63, 3.8) is 0 Å². The van der Waals surface area contributed by atoms with Crippen molar-refractivity contribution < 1.29 is 4.39 Å². The molecule has 1 aromatic rings. The molecule has 2 N–H and O–H groups in total. The Bertz CT molecular complexity index is 323. The Hall–Kier alpha value is -0.600. The van der Waals surface area contributed by atoms with E-state index in [0.717, 1.165) is 12.0 Å². The van der Waals surface area contributed by atoms with Crippen LogP contribution in [0.2, 0.25) is 5.02 Å². The van der Waals surface area contributed by atoms with E-state index in [1.807, 2.05) is 19.9 Å². The fourth-order valence-corrected chi connectivity index (χ4v) is 1.72. The van der Waals surface area contributed by atoms with Crippen molar-refractivity contribution in [2.75, 3.05) is 0 Å². The fourth-order valence-electron chi connectivity index (χ4n) is 1.46. The second-order valence-corrected chi connectivity index (χ2v) is 3.99. The minimum Gasteiger partial charge on any atom is -0.328 e. The molecule has 0 heterocycles. The topological polar surface area (TPSA) is 26.0 Å². The Kier molecular flexibility index (Phi) is 3.90. The molecular weight excluding hydrogens is 201 g/mol. The van der Waals surface area contributed by atoms with Crippen LogP contribution in [0, 0.1) is 5.82 Å². The summed E-state index contributed by atoms with van der Waals surface area (Å²) in [7, 11) is 0. The van der Waals surface area contributed by atoms with Crippen LogP contribution < -0.4 is 5.73 Å². The van der Waals surface area contributed by atoms with Gasteiger partial charge in [-0.05, 0) is 37.0 Å². The van der Waals surface area contributed by atoms with Crippen molar-refractivity contribution in [2.24, 2.45) is 5.73 Å². The number of aryl methyl sites for hydroxylation is 1. The molecule has 14 heavy (non-hydrogen) atoms. The van der Waals surface area contributed by atoms with E-state index in [2.05, 4.69) is 0 Å². The van der Waals surface area contributed by atoms with Gasteiger partial charge in [0.2, 0.25) is 0 Å². The summed E-state index contributed by atoms with van der Waals surface area (Å²) in [5.74, 6) is -0.303. The van der Waals surface area contributed by atoms with Gasteiger partial charge in [0.15, 0.2) is 0 Å². The quantitative estimate of drug-likeness (QED) is 0.825. The number of hydrogen-bond donors (Lipinski definition) is 1. The first kappa shape index (κ1) is 11.5. The maximum Gasteiger partial charge on any atom is 0.144 e. The summed E-state index contributed by atoms with van der Waals surface area (Å²) < 4.78 is 13.4. The molecule has 1 unspecified atom stereocenters. The molecule has 0 aliphatic heterocycles. The minimum atomic E-state index is -0.303. The van der Waals surface area contributed by atoms with Gasteiger partial charge in [-0.2, -0.15) is 0 Å². The Morgan fingerprint density at radius 2 is 2.14 bits per heavy atom. The van der Waals surface area contributed by atoms with Crippen molar-refractivity contribution in [1.29, 1.82) is 0 Å². The van der Waals surface area contributed by atoms with Gasteiger partial charge in [-0.3, -0.25) is 0 Å². The lowest BCUT2D eigenvalue weighted by Crippen LogP contribution is -2.18. The van der Waals surface area contributed by atoms with E-state index >= 15 is 0 Å². The zero-order valence-electron chi connectivity index (χ0n) is 8.48. The van der Waals surface area contributed by atoms with Gasteiger partial charge >= 0.3 is 0 Å². The lowest BCUT2D eigenvalue weighted by Gasteiger charge is -2.09. The third-order valence-corrected chi connectivity index (χ3v) is 2.38. The number of rotatable bonds is 3. The van der Waals surface area contributed by atoms with Crippen molar-refractivity contribution in [2.45, 2.75) is 32.7 Å². The molecule has 1 rings (SSSR count). The molecule has 0 radical (unpaired) electrons. The van der Waals surface area contributed by atoms with Crippen LogP contribution >= 0.6 is 11.6 Å². The van der Waals surface area contributed by atoms with Crippen molar-refractivity contribution >= 4 is 11.6 Å². The van der Waals surface area contributed by atoms with Crippen LogP contribution in [0.25, 0.3) is 0 Å². The first-order valence-corrected chi connectivity index (χ1v) is 5.14. The lowest BCUT2D eigenvalue weighted by atomic mass is 10.0. The number of nitrogens with two attached hydrogens (primary N) is 1. The van der Waals surface area contributed by atoms with Gasteiger partial charge in [0.25, 0.3) is 0 Å². The average molecular weight is 216 g/mol. The van der Waals surface area contributed by atoms with Crippen LogP contribution in [-0.2, 0) is 12.8 Å². The number of hydrogen-bond acceptors (Lipinski definition) is 1. The van der Waals surface area contributed by atoms with E-state index in [0.29, 0.717) is 12.0 Å². The van der Waals surface area contributed by atoms with E-state index < -0.39 is 0 Å². The molecule has 0 fully saturated rings. The highest BCUT2D eigenvalue weighted by Crippen LogP contribution is 2.22. The SMILES string of the molecule is CCc1cc(CC(C)N)cc(Cl)c1F. The molecule has 0 saturated heterocycles. The molecule has 0 aliphatic carbocycles. The molecule has 3 heteroatoms. The summed E-state index contributed by atoms with van der Waals surface area (Å²) in [6, 6.07) is 3.56. The van der Waals surface area contributed by atoms with Crippen LogP contribution in [0.5, 0.6) is 0 Å². The van der Waals surface area contributed by atoms with Crippen molar-refractivity contribution in [3.05, 3.63) is 34.1 Å². The fraction of sp³-hybridized carbons (Fsp3) is 0.455. The van der Waals surface area contributed by atoms with E-state index in [-0.39, 0.29) is 16.9 Å². The lowest BCUT2D eigenvalue weighted by molar-refractivity contribution is 0.610. The molecule has 0 aromatic heterocycles. The third-order valence-electron chi connectivity index (χ3n) is 2.10. The minimum absolute atomic E-state index is 0.0706. The highest BCUT2D eigenvalue weighted by molar-refractivity contribution is 6.30. The van der Waals surface area contributed by atoms with Gasteiger partial charge in [0.05, 0.1) is 5.02 Å². The van der Waals surface area contributed by atoms with Crippen LogP contribution in [0.15, 0.2) is 12.1 Å². The largest absolute Gasteiger partial charge is 0.328 e. The summed E-state index contributed by atoms with van der Waals surface area (Å²) >= 11 is 5.77. The normalized spacial score (nSPS) is 12.9. The third kappa shape index (κ3) is 2.69. The Morgan fingerprint density at radius 3 is 2.64 bits per heavy atom. The zero-order valence-corrected chi connectivity index (χ0v) is 9.24. The average Bonchev–Trinajstić information content (AvgIpc) is 2.10. The Labute approximate surface area is 89.1 Å². The summed E-state index contributed by atoms with van der Waals surface area (Å²) in [6.07, 6.45) is 1.38. The van der Waals surface area contributed by atoms with Crippen molar-refractivity contribution in [3.8, 4) is 0 Å². The maximum atomic E-state index is 13.4. The first-order chi connectivity index (χ1) is 6.54. The predicted molar refractivity (Wildman–Crippen MR) is 58.1 cm³/mol. The second-order valence-electron chi connectivity index (χ2n) is 3.59. The summed E-state index contributed by atoms with van der Waals surface area (Å²) in [6.45, 7) is 3.83. The summed E-state index contributed by atoms with van der Waals surface area (Å²) in [4.78, 5) is 0. The summed E-state index contributed by atoms with van der Waals surface area (Å²) in [5.41, 5.74) is 7.33. The molecule has 0 saturated carbocycles. The number of benzene rings is 1. The Morgan fingerprint density at radius 1 is 1.50 bits per heavy atom. The predicted octanol–water partition coefficient (Wildman–Crippen LogP) is 2.93. The van der Waals surface area contributed by atoms with Gasteiger partial charge < -0.3 is 5.73 Å². The zero-order chi connectivity index (χ0) is 10.7. The molecule has 0 amide bonds. The molecule has 1 atom stereocenters. The summed E-state index contributed by atoms with van der Waals surface area (Å²) in [5, 5.41) is 0.194. The molecule has 1 nitrogen and oxygen atoms in total. The molecular formula is C11H15ClFN. The molecule has 0 aliphatic rings. The van der Waals surface area contributed by atoms with Crippen LogP contribution in [-0.4, -0.2) is 6.04 Å². The van der Waals surface area contributed by atoms with Gasteiger partial charge in [-0.1, -0.05) is 24.6 Å². The molecule has 0 spiro atoms. The van der Waals surface area contributed by atoms with E-state index in [1.165, 1.54) is 0 Å². The molecule has 1 aromatic carbocycles. The highest BCUT2D eigenvalue weighted by Gasteiger charge is 2.08.